The van der Waals surface area contributed by atoms with Gasteiger partial charge in [0.2, 0.25) is 0 Å². The molecule has 132 valence electrons. The van der Waals surface area contributed by atoms with Gasteiger partial charge in [0.25, 0.3) is 0 Å². The van der Waals surface area contributed by atoms with Crippen LogP contribution in [0.1, 0.15) is 21.5 Å². The summed E-state index contributed by atoms with van der Waals surface area (Å²) in [5, 5.41) is 0.615. The summed E-state index contributed by atoms with van der Waals surface area (Å²) in [5.41, 5.74) is 8.53. The van der Waals surface area contributed by atoms with Crippen molar-refractivity contribution in [2.75, 3.05) is 5.73 Å². The predicted molar refractivity (Wildman–Crippen MR) is 102 cm³/mol. The normalized spacial score (nSPS) is 10.3. The second-order valence-corrected chi connectivity index (χ2v) is 6.10. The van der Waals surface area contributed by atoms with Crippen molar-refractivity contribution in [3.05, 3.63) is 94.5 Å². The lowest BCUT2D eigenvalue weighted by molar-refractivity contribution is 0.0472. The quantitative estimate of drug-likeness (QED) is 0.499. The summed E-state index contributed by atoms with van der Waals surface area (Å²) < 4.78 is 11.1. The summed E-state index contributed by atoms with van der Waals surface area (Å²) in [5.74, 6) is -0.0180. The number of ether oxygens (including phenoxy) is 2. The van der Waals surface area contributed by atoms with E-state index in [-0.39, 0.29) is 13.2 Å². The third-order valence-electron chi connectivity index (χ3n) is 3.80. The molecule has 3 rings (SSSR count). The van der Waals surface area contributed by atoms with Crippen LogP contribution in [0.4, 0.5) is 5.69 Å². The monoisotopic (exact) mass is 367 g/mol. The van der Waals surface area contributed by atoms with Gasteiger partial charge in [0.15, 0.2) is 0 Å². The molecule has 2 N–H and O–H groups in total. The Morgan fingerprint density at radius 3 is 2.42 bits per heavy atom. The Balaban J connectivity index is 1.66. The summed E-state index contributed by atoms with van der Waals surface area (Å²) in [6.45, 7) is 0.465. The summed E-state index contributed by atoms with van der Waals surface area (Å²) in [7, 11) is 0. The minimum Gasteiger partial charge on any atom is -0.487 e. The van der Waals surface area contributed by atoms with E-state index < -0.39 is 5.97 Å². The van der Waals surface area contributed by atoms with Gasteiger partial charge in [-0.05, 0) is 29.8 Å². The maximum absolute atomic E-state index is 12.3. The topological polar surface area (TPSA) is 61.6 Å². The molecule has 5 heteroatoms. The van der Waals surface area contributed by atoms with Gasteiger partial charge in [0, 0.05) is 10.6 Å². The third-order valence-corrected chi connectivity index (χ3v) is 4.17. The summed E-state index contributed by atoms with van der Waals surface area (Å²) in [6.07, 6.45) is 0. The molecule has 0 aromatic heterocycles. The Hall–Kier alpha value is -2.98. The van der Waals surface area contributed by atoms with Crippen molar-refractivity contribution in [1.29, 1.82) is 0 Å². The predicted octanol–water partition coefficient (Wildman–Crippen LogP) is 4.86. The van der Waals surface area contributed by atoms with Crippen LogP contribution in [-0.4, -0.2) is 5.97 Å². The highest BCUT2D eigenvalue weighted by atomic mass is 35.5. The largest absolute Gasteiger partial charge is 0.487 e. The molecule has 26 heavy (non-hydrogen) atoms. The molecule has 0 bridgehead atoms. The van der Waals surface area contributed by atoms with Gasteiger partial charge in [-0.25, -0.2) is 4.79 Å². The number of anilines is 1. The molecule has 0 spiro atoms. The van der Waals surface area contributed by atoms with E-state index >= 15 is 0 Å². The number of halogens is 1. The van der Waals surface area contributed by atoms with E-state index in [9.17, 15) is 4.79 Å². The van der Waals surface area contributed by atoms with Gasteiger partial charge in [0.1, 0.15) is 19.0 Å². The lowest BCUT2D eigenvalue weighted by atomic mass is 10.2. The van der Waals surface area contributed by atoms with Gasteiger partial charge in [-0.2, -0.15) is 0 Å². The number of carbonyl (C=O) groups excluding carboxylic acids is 1. The Labute approximate surface area is 157 Å². The molecule has 0 unspecified atom stereocenters. The van der Waals surface area contributed by atoms with Crippen LogP contribution in [0.5, 0.6) is 5.75 Å². The molecule has 0 atom stereocenters. The highest BCUT2D eigenvalue weighted by Gasteiger charge is 2.12. The van der Waals surface area contributed by atoms with Gasteiger partial charge >= 0.3 is 5.97 Å². The highest BCUT2D eigenvalue weighted by Crippen LogP contribution is 2.26. The van der Waals surface area contributed by atoms with E-state index in [1.165, 1.54) is 0 Å². The molecule has 0 radical (unpaired) electrons. The number of hydrogen-bond donors (Lipinski definition) is 1. The summed E-state index contributed by atoms with van der Waals surface area (Å²) >= 11 is 6.13. The van der Waals surface area contributed by atoms with Gasteiger partial charge in [-0.1, -0.05) is 60.1 Å². The Morgan fingerprint density at radius 1 is 0.923 bits per heavy atom. The van der Waals surface area contributed by atoms with Crippen molar-refractivity contribution in [1.82, 2.24) is 0 Å². The maximum atomic E-state index is 12.3. The fourth-order valence-corrected chi connectivity index (χ4v) is 2.55. The van der Waals surface area contributed by atoms with Crippen LogP contribution < -0.4 is 10.5 Å². The SMILES string of the molecule is Nc1ccc(C(=O)OCc2ccccc2)cc1OCc1ccccc1Cl. The fourth-order valence-electron chi connectivity index (χ4n) is 2.36. The zero-order chi connectivity index (χ0) is 18.4. The standard InChI is InChI=1S/C21H18ClNO3/c22-18-9-5-4-8-17(18)14-25-20-12-16(10-11-19(20)23)21(24)26-13-15-6-2-1-3-7-15/h1-12H,13-14,23H2. The molecular weight excluding hydrogens is 350 g/mol. The van der Waals surface area contributed by atoms with Crippen molar-refractivity contribution in [2.24, 2.45) is 0 Å². The third kappa shape index (κ3) is 4.55. The van der Waals surface area contributed by atoms with Crippen LogP contribution in [0, 0.1) is 0 Å². The van der Waals surface area contributed by atoms with Crippen molar-refractivity contribution in [2.45, 2.75) is 13.2 Å². The van der Waals surface area contributed by atoms with Crippen LogP contribution in [-0.2, 0) is 18.0 Å². The number of rotatable bonds is 6. The van der Waals surface area contributed by atoms with Crippen LogP contribution in [0.15, 0.2) is 72.8 Å². The molecule has 0 aliphatic heterocycles. The van der Waals surface area contributed by atoms with E-state index in [1.54, 1.807) is 24.3 Å². The van der Waals surface area contributed by atoms with Crippen molar-refractivity contribution >= 4 is 23.3 Å². The molecule has 0 aliphatic carbocycles. The second-order valence-electron chi connectivity index (χ2n) is 5.69. The van der Waals surface area contributed by atoms with Gasteiger partial charge in [-0.15, -0.1) is 0 Å². The van der Waals surface area contributed by atoms with Gasteiger partial charge in [-0.3, -0.25) is 0 Å². The number of carbonyl (C=O) groups is 1. The summed E-state index contributed by atoms with van der Waals surface area (Å²) in [4.78, 5) is 12.3. The first-order valence-electron chi connectivity index (χ1n) is 8.10. The highest BCUT2D eigenvalue weighted by molar-refractivity contribution is 6.31. The maximum Gasteiger partial charge on any atom is 0.338 e. The molecule has 3 aromatic carbocycles. The molecule has 0 amide bonds. The molecular formula is C21H18ClNO3. The van der Waals surface area contributed by atoms with Crippen molar-refractivity contribution < 1.29 is 14.3 Å². The van der Waals surface area contributed by atoms with E-state index in [0.717, 1.165) is 11.1 Å². The number of benzene rings is 3. The first-order chi connectivity index (χ1) is 12.6. The van der Waals surface area contributed by atoms with Crippen molar-refractivity contribution in [3.63, 3.8) is 0 Å². The fraction of sp³-hybridized carbons (Fsp3) is 0.0952. The zero-order valence-corrected chi connectivity index (χ0v) is 14.8. The van der Waals surface area contributed by atoms with Crippen molar-refractivity contribution in [3.8, 4) is 5.75 Å². The first-order valence-corrected chi connectivity index (χ1v) is 8.48. The Kier molecular flexibility index (Phi) is 5.77. The molecule has 0 saturated carbocycles. The lowest BCUT2D eigenvalue weighted by Gasteiger charge is -2.12. The molecule has 3 aromatic rings. The van der Waals surface area contributed by atoms with Gasteiger partial charge in [0.05, 0.1) is 11.3 Å². The first kappa shape index (κ1) is 17.8. The van der Waals surface area contributed by atoms with Crippen LogP contribution >= 0.6 is 11.6 Å². The number of hydrogen-bond acceptors (Lipinski definition) is 4. The van der Waals surface area contributed by atoms with Crippen LogP contribution in [0.3, 0.4) is 0 Å². The molecule has 4 nitrogen and oxygen atoms in total. The minimum absolute atomic E-state index is 0.208. The van der Waals surface area contributed by atoms with E-state index in [4.69, 9.17) is 26.8 Å². The number of nitrogen functional groups attached to an aromatic ring is 1. The minimum atomic E-state index is -0.434. The van der Waals surface area contributed by atoms with Crippen LogP contribution in [0.2, 0.25) is 5.02 Å². The smallest absolute Gasteiger partial charge is 0.338 e. The van der Waals surface area contributed by atoms with E-state index in [1.807, 2.05) is 48.5 Å². The van der Waals surface area contributed by atoms with E-state index in [0.29, 0.717) is 22.0 Å². The van der Waals surface area contributed by atoms with Gasteiger partial charge < -0.3 is 15.2 Å². The molecule has 0 aliphatic rings. The second kappa shape index (κ2) is 8.41. The molecule has 0 saturated heterocycles. The number of nitrogens with two attached hydrogens (primary N) is 1. The lowest BCUT2D eigenvalue weighted by Crippen LogP contribution is -2.07. The summed E-state index contributed by atoms with van der Waals surface area (Å²) in [6, 6.07) is 21.7. The molecule has 0 fully saturated rings. The van der Waals surface area contributed by atoms with E-state index in [2.05, 4.69) is 0 Å². The van der Waals surface area contributed by atoms with Crippen LogP contribution in [0.25, 0.3) is 0 Å². The number of esters is 1. The zero-order valence-electron chi connectivity index (χ0n) is 14.0. The Morgan fingerprint density at radius 2 is 1.65 bits per heavy atom. The average Bonchev–Trinajstić information content (AvgIpc) is 2.67. The molecule has 0 heterocycles. The average molecular weight is 368 g/mol. The Bertz CT molecular complexity index is 897.